The van der Waals surface area contributed by atoms with Gasteiger partial charge in [0.25, 0.3) is 0 Å². The van der Waals surface area contributed by atoms with Gasteiger partial charge >= 0.3 is 5.97 Å². The third kappa shape index (κ3) is 4.24. The summed E-state index contributed by atoms with van der Waals surface area (Å²) >= 11 is 0. The molecular formula is C12H23NO4S. The van der Waals surface area contributed by atoms with Crippen molar-refractivity contribution in [3.8, 4) is 0 Å². The zero-order valence-electron chi connectivity index (χ0n) is 11.1. The van der Waals surface area contributed by atoms with Gasteiger partial charge in [0, 0.05) is 13.1 Å². The van der Waals surface area contributed by atoms with Gasteiger partial charge in [0.05, 0.1) is 12.2 Å². The summed E-state index contributed by atoms with van der Waals surface area (Å²) in [4.78, 5) is 10.4. The molecule has 1 N–H and O–H groups in total. The van der Waals surface area contributed by atoms with Crippen LogP contribution in [-0.4, -0.2) is 42.6 Å². The molecule has 0 unspecified atom stereocenters. The summed E-state index contributed by atoms with van der Waals surface area (Å²) in [6.45, 7) is 2.16. The van der Waals surface area contributed by atoms with E-state index in [9.17, 15) is 13.2 Å². The molecule has 6 heteroatoms. The van der Waals surface area contributed by atoms with Crippen molar-refractivity contribution in [1.29, 1.82) is 0 Å². The topological polar surface area (TPSA) is 74.7 Å². The number of carboxylic acids is 1. The van der Waals surface area contributed by atoms with E-state index in [1.165, 1.54) is 4.31 Å². The summed E-state index contributed by atoms with van der Waals surface area (Å²) < 4.78 is 25.3. The smallest absolute Gasteiger partial charge is 0.304 e. The van der Waals surface area contributed by atoms with E-state index in [1.54, 1.807) is 7.05 Å². The maximum atomic E-state index is 11.9. The molecule has 0 aromatic rings. The van der Waals surface area contributed by atoms with Crippen LogP contribution in [-0.2, 0) is 14.8 Å². The van der Waals surface area contributed by atoms with Gasteiger partial charge < -0.3 is 5.11 Å². The lowest BCUT2D eigenvalue weighted by Crippen LogP contribution is -2.40. The molecule has 1 rings (SSSR count). The number of carboxylic acid groups (broad SMARTS) is 1. The Morgan fingerprint density at radius 1 is 1.28 bits per heavy atom. The molecule has 0 aromatic carbocycles. The highest BCUT2D eigenvalue weighted by molar-refractivity contribution is 7.89. The molecule has 18 heavy (non-hydrogen) atoms. The summed E-state index contributed by atoms with van der Waals surface area (Å²) in [6.07, 6.45) is 4.75. The van der Waals surface area contributed by atoms with E-state index in [-0.39, 0.29) is 18.2 Å². The number of hydrogen-bond acceptors (Lipinski definition) is 3. The minimum absolute atomic E-state index is 0.0478. The van der Waals surface area contributed by atoms with E-state index >= 15 is 0 Å². The van der Waals surface area contributed by atoms with Crippen molar-refractivity contribution < 1.29 is 18.3 Å². The van der Waals surface area contributed by atoms with Gasteiger partial charge in [-0.2, -0.15) is 0 Å². The van der Waals surface area contributed by atoms with E-state index in [2.05, 4.69) is 6.92 Å². The van der Waals surface area contributed by atoms with Crippen LogP contribution in [0.2, 0.25) is 0 Å². The minimum atomic E-state index is -3.43. The van der Waals surface area contributed by atoms with Gasteiger partial charge in [-0.1, -0.05) is 13.3 Å². The van der Waals surface area contributed by atoms with Gasteiger partial charge in [0.15, 0.2) is 0 Å². The molecule has 0 aliphatic heterocycles. The summed E-state index contributed by atoms with van der Waals surface area (Å²) in [5, 5.41) is 8.55. The van der Waals surface area contributed by atoms with E-state index in [1.807, 2.05) is 0 Å². The number of hydrogen-bond donors (Lipinski definition) is 1. The molecule has 0 heterocycles. The standard InChI is InChI=1S/C12H23NO4S/c1-3-10-4-6-11(7-5-10)13(2)18(16,17)9-8-12(14)15/h10-11H,3-9H2,1-2H3,(H,14,15). The van der Waals surface area contributed by atoms with Crippen molar-refractivity contribution in [1.82, 2.24) is 4.31 Å². The summed E-state index contributed by atoms with van der Waals surface area (Å²) in [5.41, 5.74) is 0. The third-order valence-electron chi connectivity index (χ3n) is 3.92. The third-order valence-corrected chi connectivity index (χ3v) is 5.82. The van der Waals surface area contributed by atoms with Gasteiger partial charge in [-0.3, -0.25) is 4.79 Å². The van der Waals surface area contributed by atoms with Crippen molar-refractivity contribution in [2.24, 2.45) is 5.92 Å². The molecule has 0 aromatic heterocycles. The van der Waals surface area contributed by atoms with E-state index < -0.39 is 16.0 Å². The number of rotatable bonds is 6. The Kier molecular flexibility index (Phi) is 5.59. The second kappa shape index (κ2) is 6.52. The molecular weight excluding hydrogens is 254 g/mol. The molecule has 1 saturated carbocycles. The van der Waals surface area contributed by atoms with Crippen LogP contribution >= 0.6 is 0 Å². The molecule has 0 atom stereocenters. The number of nitrogens with zero attached hydrogens (tertiary/aromatic N) is 1. The predicted octanol–water partition coefficient (Wildman–Crippen LogP) is 1.69. The fourth-order valence-corrected chi connectivity index (χ4v) is 3.89. The number of sulfonamides is 1. The van der Waals surface area contributed by atoms with Gasteiger partial charge in [-0.15, -0.1) is 0 Å². The van der Waals surface area contributed by atoms with Crippen LogP contribution in [0.15, 0.2) is 0 Å². The Balaban J connectivity index is 2.53. The SMILES string of the molecule is CCC1CCC(N(C)S(=O)(=O)CCC(=O)O)CC1. The molecule has 1 fully saturated rings. The van der Waals surface area contributed by atoms with Gasteiger partial charge in [0.1, 0.15) is 0 Å². The lowest BCUT2D eigenvalue weighted by atomic mass is 9.85. The quantitative estimate of drug-likeness (QED) is 0.801. The van der Waals surface area contributed by atoms with Crippen LogP contribution in [0.25, 0.3) is 0 Å². The van der Waals surface area contributed by atoms with Crippen LogP contribution in [0, 0.1) is 5.92 Å². The summed E-state index contributed by atoms with van der Waals surface area (Å²) in [7, 11) is -1.85. The highest BCUT2D eigenvalue weighted by Crippen LogP contribution is 2.30. The van der Waals surface area contributed by atoms with E-state index in [0.29, 0.717) is 0 Å². The summed E-state index contributed by atoms with van der Waals surface area (Å²) in [5.74, 6) is -0.648. The van der Waals surface area contributed by atoms with Gasteiger partial charge in [0.2, 0.25) is 10.0 Å². The monoisotopic (exact) mass is 277 g/mol. The minimum Gasteiger partial charge on any atom is -0.481 e. The van der Waals surface area contributed by atoms with E-state index in [0.717, 1.165) is 38.0 Å². The zero-order valence-corrected chi connectivity index (χ0v) is 11.9. The lowest BCUT2D eigenvalue weighted by Gasteiger charge is -2.33. The first kappa shape index (κ1) is 15.4. The highest BCUT2D eigenvalue weighted by Gasteiger charge is 2.30. The molecule has 0 radical (unpaired) electrons. The van der Waals surface area contributed by atoms with Crippen LogP contribution in [0.3, 0.4) is 0 Å². The van der Waals surface area contributed by atoms with E-state index in [4.69, 9.17) is 5.11 Å². The molecule has 0 bridgehead atoms. The molecule has 0 saturated heterocycles. The second-order valence-electron chi connectivity index (χ2n) is 5.06. The average Bonchev–Trinajstić information content (AvgIpc) is 2.36. The predicted molar refractivity (Wildman–Crippen MR) is 69.8 cm³/mol. The molecule has 5 nitrogen and oxygen atoms in total. The fraction of sp³-hybridized carbons (Fsp3) is 0.917. The summed E-state index contributed by atoms with van der Waals surface area (Å²) in [6, 6.07) is 0.0478. The van der Waals surface area contributed by atoms with Crippen molar-refractivity contribution in [2.75, 3.05) is 12.8 Å². The normalized spacial score (nSPS) is 25.3. The largest absolute Gasteiger partial charge is 0.481 e. The first-order valence-corrected chi connectivity index (χ1v) is 8.15. The van der Waals surface area contributed by atoms with Crippen molar-refractivity contribution in [3.05, 3.63) is 0 Å². The molecule has 1 aliphatic carbocycles. The maximum absolute atomic E-state index is 11.9. The Hall–Kier alpha value is -0.620. The van der Waals surface area contributed by atoms with Crippen LogP contribution < -0.4 is 0 Å². The van der Waals surface area contributed by atoms with Gasteiger partial charge in [-0.05, 0) is 31.6 Å². The fourth-order valence-electron chi connectivity index (χ4n) is 2.50. The Morgan fingerprint density at radius 2 is 1.83 bits per heavy atom. The Bertz CT molecular complexity index is 372. The zero-order chi connectivity index (χ0) is 13.8. The first-order chi connectivity index (χ1) is 8.36. The Morgan fingerprint density at radius 3 is 2.28 bits per heavy atom. The van der Waals surface area contributed by atoms with Gasteiger partial charge in [-0.25, -0.2) is 12.7 Å². The van der Waals surface area contributed by atoms with Crippen LogP contribution in [0.1, 0.15) is 45.4 Å². The molecule has 0 spiro atoms. The van der Waals surface area contributed by atoms with Crippen LogP contribution in [0.5, 0.6) is 0 Å². The molecule has 0 amide bonds. The molecule has 1 aliphatic rings. The maximum Gasteiger partial charge on any atom is 0.304 e. The molecule has 106 valence electrons. The van der Waals surface area contributed by atoms with Crippen LogP contribution in [0.4, 0.5) is 0 Å². The van der Waals surface area contributed by atoms with Crippen molar-refractivity contribution >= 4 is 16.0 Å². The number of carbonyl (C=O) groups is 1. The van der Waals surface area contributed by atoms with Crippen molar-refractivity contribution in [3.63, 3.8) is 0 Å². The Labute approximate surface area is 109 Å². The number of aliphatic carboxylic acids is 1. The lowest BCUT2D eigenvalue weighted by molar-refractivity contribution is -0.136. The highest BCUT2D eigenvalue weighted by atomic mass is 32.2. The first-order valence-electron chi connectivity index (χ1n) is 6.54. The average molecular weight is 277 g/mol. The second-order valence-corrected chi connectivity index (χ2v) is 7.21. The van der Waals surface area contributed by atoms with Crippen molar-refractivity contribution in [2.45, 2.75) is 51.5 Å².